The number of carbonyl (C=O) groups is 1. The first-order valence-electron chi connectivity index (χ1n) is 10.6. The molecule has 168 valence electrons. The number of hydrogen-bond donors (Lipinski definition) is 0. The molecule has 0 saturated heterocycles. The van der Waals surface area contributed by atoms with Crippen LogP contribution in [0.15, 0.2) is 88.3 Å². The highest BCUT2D eigenvalue weighted by Gasteiger charge is 2.33. The predicted octanol–water partition coefficient (Wildman–Crippen LogP) is 3.36. The molecule has 0 bridgehead atoms. The van der Waals surface area contributed by atoms with Crippen LogP contribution >= 0.6 is 11.3 Å². The van der Waals surface area contributed by atoms with E-state index < -0.39 is 12.0 Å². The van der Waals surface area contributed by atoms with Crippen LogP contribution in [-0.4, -0.2) is 23.8 Å². The molecule has 0 radical (unpaired) electrons. The summed E-state index contributed by atoms with van der Waals surface area (Å²) in [6, 6.07) is 16.4. The van der Waals surface area contributed by atoms with Gasteiger partial charge in [-0.3, -0.25) is 9.36 Å². The molecular weight excluding hydrogens is 436 g/mol. The minimum Gasteiger partial charge on any atom is -0.490 e. The molecule has 1 aliphatic heterocycles. The summed E-state index contributed by atoms with van der Waals surface area (Å²) in [5.41, 5.74) is 2.42. The zero-order valence-corrected chi connectivity index (χ0v) is 19.3. The topological polar surface area (TPSA) is 69.9 Å². The van der Waals surface area contributed by atoms with E-state index >= 15 is 0 Å². The third-order valence-electron chi connectivity index (χ3n) is 5.18. The molecule has 0 N–H and O–H groups in total. The van der Waals surface area contributed by atoms with Crippen LogP contribution in [0.2, 0.25) is 0 Å². The minimum absolute atomic E-state index is 0.200. The summed E-state index contributed by atoms with van der Waals surface area (Å²) in [5.74, 6) is 0.268. The number of esters is 1. The maximum absolute atomic E-state index is 13.5. The zero-order valence-electron chi connectivity index (χ0n) is 18.5. The molecule has 33 heavy (non-hydrogen) atoms. The minimum atomic E-state index is -0.599. The standard InChI is InChI=1S/C26H24N2O4S/c1-4-15-32-20-13-11-18(12-14-20)16-21-24(29)28-23(19-9-7-6-8-10-19)22(25(30)31-5-2)17(3)27-26(28)33-21/h4,6-14,16,23H,1,5,15H2,2-3H3/t23-/m1/s1. The fourth-order valence-electron chi connectivity index (χ4n) is 3.71. The summed E-state index contributed by atoms with van der Waals surface area (Å²) in [7, 11) is 0. The van der Waals surface area contributed by atoms with Gasteiger partial charge < -0.3 is 9.47 Å². The van der Waals surface area contributed by atoms with Gasteiger partial charge in [-0.2, -0.15) is 0 Å². The van der Waals surface area contributed by atoms with Crippen molar-refractivity contribution in [1.82, 2.24) is 4.57 Å². The molecule has 0 amide bonds. The van der Waals surface area contributed by atoms with Crippen molar-refractivity contribution in [3.63, 3.8) is 0 Å². The number of ether oxygens (including phenoxy) is 2. The van der Waals surface area contributed by atoms with Gasteiger partial charge in [0, 0.05) is 0 Å². The van der Waals surface area contributed by atoms with Crippen molar-refractivity contribution in [2.24, 2.45) is 4.99 Å². The van der Waals surface area contributed by atoms with Crippen LogP contribution in [0.1, 0.15) is 31.0 Å². The lowest BCUT2D eigenvalue weighted by atomic mass is 9.96. The van der Waals surface area contributed by atoms with Gasteiger partial charge in [0.15, 0.2) is 4.80 Å². The Bertz CT molecular complexity index is 1380. The maximum atomic E-state index is 13.5. The van der Waals surface area contributed by atoms with Crippen LogP contribution in [0.3, 0.4) is 0 Å². The zero-order chi connectivity index (χ0) is 23.4. The van der Waals surface area contributed by atoms with E-state index in [0.717, 1.165) is 16.9 Å². The molecule has 0 fully saturated rings. The van der Waals surface area contributed by atoms with E-state index in [1.165, 1.54) is 11.3 Å². The van der Waals surface area contributed by atoms with Crippen LogP contribution in [-0.2, 0) is 9.53 Å². The number of thiazole rings is 1. The van der Waals surface area contributed by atoms with E-state index in [-0.39, 0.29) is 12.2 Å². The molecular formula is C26H24N2O4S. The summed E-state index contributed by atoms with van der Waals surface area (Å²) < 4.78 is 12.9. The molecule has 7 heteroatoms. The first kappa shape index (κ1) is 22.5. The summed E-state index contributed by atoms with van der Waals surface area (Å²) >= 11 is 1.30. The number of hydrogen-bond acceptors (Lipinski definition) is 6. The molecule has 3 aromatic rings. The van der Waals surface area contributed by atoms with E-state index in [1.54, 1.807) is 24.5 Å². The first-order valence-corrected chi connectivity index (χ1v) is 11.4. The summed E-state index contributed by atoms with van der Waals surface area (Å²) in [6.07, 6.45) is 3.51. The van der Waals surface area contributed by atoms with E-state index in [4.69, 9.17) is 9.47 Å². The Morgan fingerprint density at radius 1 is 1.18 bits per heavy atom. The van der Waals surface area contributed by atoms with Crippen molar-refractivity contribution in [3.05, 3.63) is 109 Å². The molecule has 1 aromatic heterocycles. The summed E-state index contributed by atoms with van der Waals surface area (Å²) in [5, 5.41) is 0. The smallest absolute Gasteiger partial charge is 0.338 e. The molecule has 6 nitrogen and oxygen atoms in total. The number of nitrogens with zero attached hydrogens (tertiary/aromatic N) is 2. The maximum Gasteiger partial charge on any atom is 0.338 e. The van der Waals surface area contributed by atoms with Gasteiger partial charge in [0.05, 0.1) is 28.5 Å². The van der Waals surface area contributed by atoms with Crippen LogP contribution in [0.4, 0.5) is 0 Å². The van der Waals surface area contributed by atoms with Gasteiger partial charge in [-0.15, -0.1) is 0 Å². The third-order valence-corrected chi connectivity index (χ3v) is 6.16. The molecule has 0 saturated carbocycles. The number of fused-ring (bicyclic) bond motifs is 1. The Kier molecular flexibility index (Phi) is 6.70. The molecule has 2 heterocycles. The van der Waals surface area contributed by atoms with Crippen LogP contribution in [0.5, 0.6) is 5.75 Å². The fraction of sp³-hybridized carbons (Fsp3) is 0.192. The predicted molar refractivity (Wildman–Crippen MR) is 129 cm³/mol. The van der Waals surface area contributed by atoms with Gasteiger partial charge in [0.2, 0.25) is 0 Å². The number of aromatic nitrogens is 1. The highest BCUT2D eigenvalue weighted by molar-refractivity contribution is 7.07. The quantitative estimate of drug-likeness (QED) is 0.401. The van der Waals surface area contributed by atoms with Crippen LogP contribution < -0.4 is 19.6 Å². The van der Waals surface area contributed by atoms with Crippen molar-refractivity contribution < 1.29 is 14.3 Å². The van der Waals surface area contributed by atoms with Crippen LogP contribution in [0, 0.1) is 0 Å². The fourth-order valence-corrected chi connectivity index (χ4v) is 4.76. The van der Waals surface area contributed by atoms with Crippen molar-refractivity contribution in [3.8, 4) is 5.75 Å². The largest absolute Gasteiger partial charge is 0.490 e. The molecule has 1 atom stereocenters. The van der Waals surface area contributed by atoms with E-state index in [1.807, 2.05) is 60.7 Å². The number of carbonyl (C=O) groups excluding carboxylic acids is 1. The Morgan fingerprint density at radius 3 is 2.58 bits per heavy atom. The summed E-state index contributed by atoms with van der Waals surface area (Å²) in [6.45, 7) is 7.85. The highest BCUT2D eigenvalue weighted by atomic mass is 32.1. The Labute approximate surface area is 195 Å². The molecule has 0 spiro atoms. The molecule has 4 rings (SSSR count). The van der Waals surface area contributed by atoms with Gasteiger partial charge in [-0.05, 0) is 43.2 Å². The normalized spacial score (nSPS) is 15.6. The monoisotopic (exact) mass is 460 g/mol. The average molecular weight is 461 g/mol. The second-order valence-electron chi connectivity index (χ2n) is 7.38. The lowest BCUT2D eigenvalue weighted by molar-refractivity contribution is -0.139. The van der Waals surface area contributed by atoms with Gasteiger partial charge in [0.25, 0.3) is 5.56 Å². The van der Waals surface area contributed by atoms with Crippen molar-refractivity contribution in [2.75, 3.05) is 13.2 Å². The van der Waals surface area contributed by atoms with Crippen molar-refractivity contribution >= 4 is 23.4 Å². The third kappa shape index (κ3) is 4.59. The number of allylic oxidation sites excluding steroid dienone is 1. The van der Waals surface area contributed by atoms with Gasteiger partial charge >= 0.3 is 5.97 Å². The van der Waals surface area contributed by atoms with E-state index in [2.05, 4.69) is 11.6 Å². The number of rotatable bonds is 7. The van der Waals surface area contributed by atoms with Crippen molar-refractivity contribution in [1.29, 1.82) is 0 Å². The number of benzene rings is 2. The van der Waals surface area contributed by atoms with Crippen molar-refractivity contribution in [2.45, 2.75) is 19.9 Å². The van der Waals surface area contributed by atoms with E-state index in [0.29, 0.717) is 27.2 Å². The Hall–Kier alpha value is -3.71. The SMILES string of the molecule is C=CCOc1ccc(C=c2sc3n(c2=O)[C@H](c2ccccc2)C(C(=O)OCC)=C(C)N=3)cc1. The van der Waals surface area contributed by atoms with Gasteiger partial charge in [-0.25, -0.2) is 9.79 Å². The molecule has 2 aromatic carbocycles. The van der Waals surface area contributed by atoms with E-state index in [9.17, 15) is 9.59 Å². The Balaban J connectivity index is 1.83. The lowest BCUT2D eigenvalue weighted by Crippen LogP contribution is -2.39. The molecule has 0 unspecified atom stereocenters. The average Bonchev–Trinajstić information content (AvgIpc) is 3.12. The lowest BCUT2D eigenvalue weighted by Gasteiger charge is -2.24. The van der Waals surface area contributed by atoms with Gasteiger partial charge in [0.1, 0.15) is 12.4 Å². The molecule has 1 aliphatic rings. The summed E-state index contributed by atoms with van der Waals surface area (Å²) in [4.78, 5) is 31.5. The second kappa shape index (κ2) is 9.83. The van der Waals surface area contributed by atoms with Crippen LogP contribution in [0.25, 0.3) is 6.08 Å². The van der Waals surface area contributed by atoms with Gasteiger partial charge in [-0.1, -0.05) is 66.5 Å². The Morgan fingerprint density at radius 2 is 1.91 bits per heavy atom. The molecule has 0 aliphatic carbocycles. The first-order chi connectivity index (χ1) is 16.0. The second-order valence-corrected chi connectivity index (χ2v) is 8.39. The highest BCUT2D eigenvalue weighted by Crippen LogP contribution is 2.30.